The number of nitrogen functional groups attached to an aromatic ring is 1. The Balaban J connectivity index is 1.74. The van der Waals surface area contributed by atoms with Crippen LogP contribution in [0.4, 0.5) is 21.5 Å². The molecule has 0 aliphatic carbocycles. The van der Waals surface area contributed by atoms with Crippen molar-refractivity contribution in [1.82, 2.24) is 4.98 Å². The van der Waals surface area contributed by atoms with Crippen LogP contribution in [0.25, 0.3) is 0 Å². The first kappa shape index (κ1) is 18.1. The van der Waals surface area contributed by atoms with Gasteiger partial charge in [0.05, 0.1) is 11.4 Å². The number of halogens is 1. The number of amides is 1. The summed E-state index contributed by atoms with van der Waals surface area (Å²) in [5, 5.41) is 13.5. The Morgan fingerprint density at radius 1 is 1.19 bits per heavy atom. The lowest BCUT2D eigenvalue weighted by atomic mass is 10.1. The molecule has 3 rings (SSSR count). The first-order valence-corrected chi connectivity index (χ1v) is 8.20. The van der Waals surface area contributed by atoms with Crippen LogP contribution in [0.15, 0.2) is 60.9 Å². The van der Waals surface area contributed by atoms with E-state index in [2.05, 4.69) is 15.6 Å². The number of nitrogens with zero attached hydrogens (tertiary/aromatic N) is 1. The monoisotopic (exact) mass is 363 g/mol. The minimum atomic E-state index is -0.472. The first-order chi connectivity index (χ1) is 13.1. The molecule has 136 valence electrons. The van der Waals surface area contributed by atoms with Crippen molar-refractivity contribution in [2.24, 2.45) is 0 Å². The molecule has 0 saturated carbocycles. The van der Waals surface area contributed by atoms with Gasteiger partial charge in [0, 0.05) is 42.0 Å². The summed E-state index contributed by atoms with van der Waals surface area (Å²) in [6.45, 7) is 0.548. The number of hydrogen-bond acceptors (Lipinski definition) is 5. The van der Waals surface area contributed by atoms with E-state index in [0.717, 1.165) is 17.3 Å². The van der Waals surface area contributed by atoms with Crippen LogP contribution in [0, 0.1) is 11.2 Å². The Kier molecular flexibility index (Phi) is 5.41. The summed E-state index contributed by atoms with van der Waals surface area (Å²) in [5.41, 5.74) is 8.85. The van der Waals surface area contributed by atoms with Gasteiger partial charge in [0.15, 0.2) is 0 Å². The van der Waals surface area contributed by atoms with Gasteiger partial charge in [-0.2, -0.15) is 0 Å². The highest BCUT2D eigenvalue weighted by atomic mass is 19.1. The number of rotatable bonds is 6. The van der Waals surface area contributed by atoms with Gasteiger partial charge in [-0.25, -0.2) is 4.39 Å². The minimum Gasteiger partial charge on any atom is -0.397 e. The Labute approximate surface area is 155 Å². The summed E-state index contributed by atoms with van der Waals surface area (Å²) >= 11 is 0. The minimum absolute atomic E-state index is 0.144. The standard InChI is InChI=1S/C20H18FN5O/c21-16-4-6-19(17(23)9-16)26-20(27)14-3-5-18(15(8-14)10-22)25-12-13-2-1-7-24-11-13/h1-11,22,25H,12,23H2,(H,26,27). The first-order valence-electron chi connectivity index (χ1n) is 8.20. The van der Waals surface area contributed by atoms with Crippen LogP contribution in [0.1, 0.15) is 21.5 Å². The molecule has 0 unspecified atom stereocenters. The molecule has 0 spiro atoms. The molecule has 0 radical (unpaired) electrons. The molecule has 1 amide bonds. The molecular formula is C20H18FN5O. The SMILES string of the molecule is N=Cc1cc(C(=O)Nc2ccc(F)cc2N)ccc1NCc1cccnc1. The van der Waals surface area contributed by atoms with E-state index < -0.39 is 11.7 Å². The predicted molar refractivity (Wildman–Crippen MR) is 105 cm³/mol. The van der Waals surface area contributed by atoms with Gasteiger partial charge in [0.25, 0.3) is 5.91 Å². The number of carbonyl (C=O) groups excluding carboxylic acids is 1. The molecule has 0 saturated heterocycles. The van der Waals surface area contributed by atoms with E-state index in [9.17, 15) is 9.18 Å². The van der Waals surface area contributed by atoms with E-state index in [1.54, 1.807) is 30.6 Å². The zero-order valence-electron chi connectivity index (χ0n) is 14.4. The quantitative estimate of drug-likeness (QED) is 0.396. The van der Waals surface area contributed by atoms with Crippen LogP contribution in [0.3, 0.4) is 0 Å². The second-order valence-electron chi connectivity index (χ2n) is 5.85. The highest BCUT2D eigenvalue weighted by Gasteiger charge is 2.11. The van der Waals surface area contributed by atoms with Crippen molar-refractivity contribution in [3.8, 4) is 0 Å². The summed E-state index contributed by atoms with van der Waals surface area (Å²) in [7, 11) is 0. The van der Waals surface area contributed by atoms with Crippen LogP contribution in [-0.2, 0) is 6.54 Å². The molecular weight excluding hydrogens is 345 g/mol. The van der Waals surface area contributed by atoms with Crippen molar-refractivity contribution in [2.75, 3.05) is 16.4 Å². The van der Waals surface area contributed by atoms with Gasteiger partial charge in [-0.1, -0.05) is 6.07 Å². The van der Waals surface area contributed by atoms with Crippen molar-refractivity contribution in [3.05, 3.63) is 83.4 Å². The summed E-state index contributed by atoms with van der Waals surface area (Å²) in [6, 6.07) is 12.6. The molecule has 5 N–H and O–H groups in total. The van der Waals surface area contributed by atoms with Crippen molar-refractivity contribution >= 4 is 29.2 Å². The molecule has 0 bridgehead atoms. The molecule has 0 atom stereocenters. The summed E-state index contributed by atoms with van der Waals surface area (Å²) < 4.78 is 13.1. The Bertz CT molecular complexity index is 975. The van der Waals surface area contributed by atoms with E-state index in [0.29, 0.717) is 23.4 Å². The number of nitrogens with two attached hydrogens (primary N) is 1. The van der Waals surface area contributed by atoms with Crippen LogP contribution >= 0.6 is 0 Å². The molecule has 0 aliphatic rings. The van der Waals surface area contributed by atoms with Gasteiger partial charge in [-0.05, 0) is 48.0 Å². The Morgan fingerprint density at radius 2 is 2.00 bits per heavy atom. The maximum Gasteiger partial charge on any atom is 0.255 e. The van der Waals surface area contributed by atoms with Crippen molar-refractivity contribution in [3.63, 3.8) is 0 Å². The van der Waals surface area contributed by atoms with E-state index in [-0.39, 0.29) is 5.69 Å². The van der Waals surface area contributed by atoms with Crippen LogP contribution in [-0.4, -0.2) is 17.1 Å². The largest absolute Gasteiger partial charge is 0.397 e. The lowest BCUT2D eigenvalue weighted by Crippen LogP contribution is -2.14. The van der Waals surface area contributed by atoms with Gasteiger partial charge in [0.1, 0.15) is 5.82 Å². The van der Waals surface area contributed by atoms with Crippen LogP contribution < -0.4 is 16.4 Å². The highest BCUT2D eigenvalue weighted by Crippen LogP contribution is 2.22. The third-order valence-corrected chi connectivity index (χ3v) is 3.94. The molecule has 27 heavy (non-hydrogen) atoms. The van der Waals surface area contributed by atoms with Crippen molar-refractivity contribution in [2.45, 2.75) is 6.54 Å². The van der Waals surface area contributed by atoms with Gasteiger partial charge in [0.2, 0.25) is 0 Å². The average Bonchev–Trinajstić information content (AvgIpc) is 2.69. The predicted octanol–water partition coefficient (Wildman–Crippen LogP) is 3.66. The van der Waals surface area contributed by atoms with Gasteiger partial charge in [-0.15, -0.1) is 0 Å². The van der Waals surface area contributed by atoms with E-state index in [4.69, 9.17) is 11.1 Å². The van der Waals surface area contributed by atoms with Crippen molar-refractivity contribution < 1.29 is 9.18 Å². The van der Waals surface area contributed by atoms with Crippen LogP contribution in [0.5, 0.6) is 0 Å². The number of benzene rings is 2. The van der Waals surface area contributed by atoms with E-state index in [1.807, 2.05) is 12.1 Å². The maximum atomic E-state index is 13.1. The normalized spacial score (nSPS) is 10.3. The van der Waals surface area contributed by atoms with Gasteiger partial charge in [-0.3, -0.25) is 9.78 Å². The number of anilines is 3. The second-order valence-corrected chi connectivity index (χ2v) is 5.85. The highest BCUT2D eigenvalue weighted by molar-refractivity contribution is 6.07. The average molecular weight is 363 g/mol. The van der Waals surface area contributed by atoms with Gasteiger partial charge >= 0.3 is 0 Å². The fourth-order valence-electron chi connectivity index (χ4n) is 2.53. The summed E-state index contributed by atoms with van der Waals surface area (Å²) in [6.07, 6.45) is 4.63. The fourth-order valence-corrected chi connectivity index (χ4v) is 2.53. The molecule has 7 heteroatoms. The summed E-state index contributed by atoms with van der Waals surface area (Å²) in [4.78, 5) is 16.5. The number of hydrogen-bond donors (Lipinski definition) is 4. The smallest absolute Gasteiger partial charge is 0.255 e. The van der Waals surface area contributed by atoms with E-state index in [1.165, 1.54) is 18.3 Å². The zero-order chi connectivity index (χ0) is 19.2. The molecule has 0 aliphatic heterocycles. The Morgan fingerprint density at radius 3 is 2.70 bits per heavy atom. The Hall–Kier alpha value is -3.74. The fraction of sp³-hybridized carbons (Fsp3) is 0.0500. The molecule has 3 aromatic rings. The number of pyridine rings is 1. The van der Waals surface area contributed by atoms with E-state index >= 15 is 0 Å². The third-order valence-electron chi connectivity index (χ3n) is 3.94. The molecule has 1 aromatic heterocycles. The third kappa shape index (κ3) is 4.46. The van der Waals surface area contributed by atoms with Crippen molar-refractivity contribution in [1.29, 1.82) is 5.41 Å². The second kappa shape index (κ2) is 8.09. The molecule has 1 heterocycles. The van der Waals surface area contributed by atoms with Gasteiger partial charge < -0.3 is 21.8 Å². The molecule has 6 nitrogen and oxygen atoms in total. The number of aromatic nitrogens is 1. The lowest BCUT2D eigenvalue weighted by Gasteiger charge is -2.12. The molecule has 2 aromatic carbocycles. The maximum absolute atomic E-state index is 13.1. The zero-order valence-corrected chi connectivity index (χ0v) is 14.4. The molecule has 0 fully saturated rings. The number of nitrogens with one attached hydrogen (secondary N) is 3. The summed E-state index contributed by atoms with van der Waals surface area (Å²) in [5.74, 6) is -0.865. The topological polar surface area (TPSA) is 104 Å². The lowest BCUT2D eigenvalue weighted by molar-refractivity contribution is 0.102. The number of carbonyl (C=O) groups is 1. The van der Waals surface area contributed by atoms with Crippen LogP contribution in [0.2, 0.25) is 0 Å².